The zero-order chi connectivity index (χ0) is 16.9. The lowest BCUT2D eigenvalue weighted by atomic mass is 10.3. The van der Waals surface area contributed by atoms with Crippen LogP contribution in [0.1, 0.15) is 11.5 Å². The minimum atomic E-state index is -0.0962. The SMILES string of the molecule is Cc1cc(NC(=O)CN(C)Cc2ccco2)n(-c2ccccc2)n1. The van der Waals surface area contributed by atoms with E-state index < -0.39 is 0 Å². The molecule has 0 aliphatic carbocycles. The van der Waals surface area contributed by atoms with E-state index in [4.69, 9.17) is 4.42 Å². The van der Waals surface area contributed by atoms with Gasteiger partial charge in [0.25, 0.3) is 0 Å². The lowest BCUT2D eigenvalue weighted by Crippen LogP contribution is -2.30. The quantitative estimate of drug-likeness (QED) is 0.757. The standard InChI is InChI=1S/C18H20N4O2/c1-14-11-17(22(20-14)15-7-4-3-5-8-15)19-18(23)13-21(2)12-16-9-6-10-24-16/h3-11H,12-13H2,1-2H3,(H,19,23). The maximum Gasteiger partial charge on any atom is 0.239 e. The van der Waals surface area contributed by atoms with Gasteiger partial charge in [-0.25, -0.2) is 4.68 Å². The first-order chi connectivity index (χ1) is 11.6. The van der Waals surface area contributed by atoms with Crippen molar-refractivity contribution in [2.24, 2.45) is 0 Å². The van der Waals surface area contributed by atoms with E-state index in [2.05, 4.69) is 10.4 Å². The number of likely N-dealkylation sites (N-methyl/N-ethyl adjacent to an activating group) is 1. The molecule has 0 radical (unpaired) electrons. The number of furan rings is 1. The lowest BCUT2D eigenvalue weighted by Gasteiger charge is -2.15. The van der Waals surface area contributed by atoms with Crippen LogP contribution in [0, 0.1) is 6.92 Å². The Morgan fingerprint density at radius 2 is 2.04 bits per heavy atom. The van der Waals surface area contributed by atoms with Gasteiger partial charge in [0.1, 0.15) is 11.6 Å². The number of anilines is 1. The average molecular weight is 324 g/mol. The largest absolute Gasteiger partial charge is 0.468 e. The summed E-state index contributed by atoms with van der Waals surface area (Å²) in [7, 11) is 1.88. The molecule has 2 heterocycles. The fraction of sp³-hybridized carbons (Fsp3) is 0.222. The minimum Gasteiger partial charge on any atom is -0.468 e. The molecule has 3 aromatic rings. The Hall–Kier alpha value is -2.86. The monoisotopic (exact) mass is 324 g/mol. The molecule has 6 nitrogen and oxygen atoms in total. The molecule has 1 aromatic carbocycles. The van der Waals surface area contributed by atoms with Crippen molar-refractivity contribution in [1.29, 1.82) is 0 Å². The third kappa shape index (κ3) is 3.91. The van der Waals surface area contributed by atoms with Crippen LogP contribution in [0.2, 0.25) is 0 Å². The number of para-hydroxylation sites is 1. The van der Waals surface area contributed by atoms with E-state index in [-0.39, 0.29) is 12.5 Å². The van der Waals surface area contributed by atoms with Crippen LogP contribution in [0.25, 0.3) is 5.69 Å². The predicted octanol–water partition coefficient (Wildman–Crippen LogP) is 2.84. The third-order valence-electron chi connectivity index (χ3n) is 3.52. The van der Waals surface area contributed by atoms with Crippen molar-refractivity contribution in [1.82, 2.24) is 14.7 Å². The summed E-state index contributed by atoms with van der Waals surface area (Å²) in [5.74, 6) is 1.40. The number of nitrogens with zero attached hydrogens (tertiary/aromatic N) is 3. The predicted molar refractivity (Wildman–Crippen MR) is 92.0 cm³/mol. The number of carbonyl (C=O) groups excluding carboxylic acids is 1. The highest BCUT2D eigenvalue weighted by molar-refractivity contribution is 5.91. The normalized spacial score (nSPS) is 11.0. The van der Waals surface area contributed by atoms with Crippen molar-refractivity contribution in [3.05, 3.63) is 66.2 Å². The molecule has 0 bridgehead atoms. The van der Waals surface area contributed by atoms with Crippen molar-refractivity contribution in [3.8, 4) is 5.69 Å². The Morgan fingerprint density at radius 1 is 1.25 bits per heavy atom. The van der Waals surface area contributed by atoms with E-state index in [1.807, 2.05) is 67.4 Å². The molecule has 0 spiro atoms. The number of aryl methyl sites for hydroxylation is 1. The van der Waals surface area contributed by atoms with Crippen LogP contribution in [0.3, 0.4) is 0 Å². The number of nitrogens with one attached hydrogen (secondary N) is 1. The second kappa shape index (κ2) is 7.14. The first kappa shape index (κ1) is 16.0. The molecule has 0 saturated heterocycles. The summed E-state index contributed by atoms with van der Waals surface area (Å²) in [6, 6.07) is 15.3. The number of aromatic nitrogens is 2. The molecule has 0 aliphatic heterocycles. The van der Waals surface area contributed by atoms with Gasteiger partial charge < -0.3 is 9.73 Å². The van der Waals surface area contributed by atoms with Crippen LogP contribution in [0.5, 0.6) is 0 Å². The highest BCUT2D eigenvalue weighted by Crippen LogP contribution is 2.16. The van der Waals surface area contributed by atoms with Gasteiger partial charge in [-0.15, -0.1) is 0 Å². The topological polar surface area (TPSA) is 63.3 Å². The molecule has 0 saturated carbocycles. The second-order valence-electron chi connectivity index (χ2n) is 5.72. The number of benzene rings is 1. The van der Waals surface area contributed by atoms with Crippen molar-refractivity contribution >= 4 is 11.7 Å². The fourth-order valence-corrected chi connectivity index (χ4v) is 2.51. The first-order valence-corrected chi connectivity index (χ1v) is 7.74. The zero-order valence-electron chi connectivity index (χ0n) is 13.8. The summed E-state index contributed by atoms with van der Waals surface area (Å²) in [4.78, 5) is 14.2. The van der Waals surface area contributed by atoms with Crippen LogP contribution in [-0.2, 0) is 11.3 Å². The number of carbonyl (C=O) groups is 1. The molecule has 24 heavy (non-hydrogen) atoms. The van der Waals surface area contributed by atoms with E-state index in [0.29, 0.717) is 12.4 Å². The van der Waals surface area contributed by atoms with Gasteiger partial charge >= 0.3 is 0 Å². The Morgan fingerprint density at radius 3 is 2.75 bits per heavy atom. The highest BCUT2D eigenvalue weighted by Gasteiger charge is 2.13. The smallest absolute Gasteiger partial charge is 0.239 e. The maximum absolute atomic E-state index is 12.3. The Bertz CT molecular complexity index is 794. The van der Waals surface area contributed by atoms with E-state index in [9.17, 15) is 4.79 Å². The molecule has 124 valence electrons. The van der Waals surface area contributed by atoms with Gasteiger partial charge in [0.15, 0.2) is 0 Å². The van der Waals surface area contributed by atoms with Gasteiger partial charge in [-0.1, -0.05) is 18.2 Å². The zero-order valence-corrected chi connectivity index (χ0v) is 13.8. The van der Waals surface area contributed by atoms with E-state index in [0.717, 1.165) is 17.1 Å². The first-order valence-electron chi connectivity index (χ1n) is 7.74. The van der Waals surface area contributed by atoms with Gasteiger partial charge in [-0.05, 0) is 38.2 Å². The lowest BCUT2D eigenvalue weighted by molar-refractivity contribution is -0.117. The molecule has 3 rings (SSSR count). The second-order valence-corrected chi connectivity index (χ2v) is 5.72. The number of amides is 1. The molecule has 0 aliphatic rings. The number of rotatable bonds is 6. The summed E-state index contributed by atoms with van der Waals surface area (Å²) in [6.45, 7) is 2.75. The van der Waals surface area contributed by atoms with Gasteiger partial charge in [-0.3, -0.25) is 9.69 Å². The molecule has 1 amide bonds. The summed E-state index contributed by atoms with van der Waals surface area (Å²) in [5, 5.41) is 7.38. The van der Waals surface area contributed by atoms with Crippen LogP contribution in [0.15, 0.2) is 59.2 Å². The fourth-order valence-electron chi connectivity index (χ4n) is 2.51. The average Bonchev–Trinajstić information content (AvgIpc) is 3.17. The molecular formula is C18H20N4O2. The van der Waals surface area contributed by atoms with Crippen molar-refractivity contribution in [2.45, 2.75) is 13.5 Å². The van der Waals surface area contributed by atoms with E-state index >= 15 is 0 Å². The van der Waals surface area contributed by atoms with Gasteiger partial charge in [0, 0.05) is 6.07 Å². The van der Waals surface area contributed by atoms with Gasteiger partial charge in [0.2, 0.25) is 5.91 Å². The Labute approximate surface area is 140 Å². The summed E-state index contributed by atoms with van der Waals surface area (Å²) < 4.78 is 7.03. The maximum atomic E-state index is 12.3. The molecule has 0 unspecified atom stereocenters. The van der Waals surface area contributed by atoms with Crippen LogP contribution in [0.4, 0.5) is 5.82 Å². The minimum absolute atomic E-state index is 0.0962. The molecule has 0 fully saturated rings. The molecule has 0 atom stereocenters. The molecule has 1 N–H and O–H groups in total. The van der Waals surface area contributed by atoms with Crippen LogP contribution < -0.4 is 5.32 Å². The number of hydrogen-bond acceptors (Lipinski definition) is 4. The molecular weight excluding hydrogens is 304 g/mol. The summed E-state index contributed by atoms with van der Waals surface area (Å²) >= 11 is 0. The van der Waals surface area contributed by atoms with Gasteiger partial charge in [-0.2, -0.15) is 5.10 Å². The van der Waals surface area contributed by atoms with E-state index in [1.165, 1.54) is 0 Å². The van der Waals surface area contributed by atoms with Crippen molar-refractivity contribution in [2.75, 3.05) is 18.9 Å². The van der Waals surface area contributed by atoms with E-state index in [1.54, 1.807) is 10.9 Å². The van der Waals surface area contributed by atoms with Crippen LogP contribution in [-0.4, -0.2) is 34.2 Å². The van der Waals surface area contributed by atoms with Gasteiger partial charge in [0.05, 0.1) is 30.7 Å². The Kier molecular flexibility index (Phi) is 4.77. The summed E-state index contributed by atoms with van der Waals surface area (Å²) in [5.41, 5.74) is 1.75. The third-order valence-corrected chi connectivity index (χ3v) is 3.52. The van der Waals surface area contributed by atoms with Crippen molar-refractivity contribution < 1.29 is 9.21 Å². The molecule has 6 heteroatoms. The van der Waals surface area contributed by atoms with Crippen molar-refractivity contribution in [3.63, 3.8) is 0 Å². The number of hydrogen-bond donors (Lipinski definition) is 1. The molecule has 2 aromatic heterocycles. The summed E-state index contributed by atoms with van der Waals surface area (Å²) in [6.07, 6.45) is 1.63. The highest BCUT2D eigenvalue weighted by atomic mass is 16.3. The Balaban J connectivity index is 1.66. The van der Waals surface area contributed by atoms with Crippen LogP contribution >= 0.6 is 0 Å².